The highest BCUT2D eigenvalue weighted by Crippen LogP contribution is 2.17. The van der Waals surface area contributed by atoms with Crippen molar-refractivity contribution in [1.82, 2.24) is 14.5 Å². The number of benzene rings is 1. The zero-order chi connectivity index (χ0) is 14.4. The smallest absolute Gasteiger partial charge is 0.248 e. The monoisotopic (exact) mass is 337 g/mol. The molecule has 20 heavy (non-hydrogen) atoms. The molecule has 6 heteroatoms. The molecule has 0 unspecified atom stereocenters. The van der Waals surface area contributed by atoms with E-state index in [-0.39, 0.29) is 5.91 Å². The Bertz CT molecular complexity index is 557. The van der Waals surface area contributed by atoms with Crippen LogP contribution < -0.4 is 0 Å². The van der Waals surface area contributed by atoms with Crippen molar-refractivity contribution in [2.45, 2.75) is 13.1 Å². The Morgan fingerprint density at radius 3 is 2.85 bits per heavy atom. The number of rotatable bonds is 6. The summed E-state index contributed by atoms with van der Waals surface area (Å²) in [5, 5.41) is 9.09. The lowest BCUT2D eigenvalue weighted by atomic mass is 10.2. The third kappa shape index (κ3) is 3.91. The standard InChI is InChI=1S/C14H16BrN3O2/c15-13-4-2-1-3-12(13)9-18(14(20)10-19)8-7-17-6-5-16-11-17/h1-6,11,19H,7-10H2. The second-order valence-electron chi connectivity index (χ2n) is 4.37. The van der Waals surface area contributed by atoms with Crippen molar-refractivity contribution in [3.8, 4) is 0 Å². The van der Waals surface area contributed by atoms with Gasteiger partial charge in [-0.05, 0) is 11.6 Å². The van der Waals surface area contributed by atoms with Crippen LogP contribution in [0, 0.1) is 0 Å². The maximum absolute atomic E-state index is 11.8. The molecule has 0 bridgehead atoms. The molecular formula is C14H16BrN3O2. The molecule has 0 spiro atoms. The molecule has 1 amide bonds. The van der Waals surface area contributed by atoms with Crippen LogP contribution in [0.4, 0.5) is 0 Å². The molecule has 1 aromatic carbocycles. The van der Waals surface area contributed by atoms with Gasteiger partial charge in [-0.15, -0.1) is 0 Å². The third-order valence-electron chi connectivity index (χ3n) is 2.99. The first kappa shape index (κ1) is 14.7. The molecule has 0 aliphatic heterocycles. The van der Waals surface area contributed by atoms with Gasteiger partial charge in [0, 0.05) is 36.5 Å². The number of halogens is 1. The second-order valence-corrected chi connectivity index (χ2v) is 5.22. The minimum Gasteiger partial charge on any atom is -0.387 e. The van der Waals surface area contributed by atoms with E-state index in [1.807, 2.05) is 35.0 Å². The van der Waals surface area contributed by atoms with E-state index in [2.05, 4.69) is 20.9 Å². The average Bonchev–Trinajstić information content (AvgIpc) is 2.97. The number of aliphatic hydroxyl groups excluding tert-OH is 1. The first-order chi connectivity index (χ1) is 9.70. The highest BCUT2D eigenvalue weighted by Gasteiger charge is 2.14. The predicted molar refractivity (Wildman–Crippen MR) is 78.9 cm³/mol. The van der Waals surface area contributed by atoms with Crippen LogP contribution in [-0.2, 0) is 17.9 Å². The summed E-state index contributed by atoms with van der Waals surface area (Å²) in [5.74, 6) is -0.277. The molecule has 1 aromatic heterocycles. The van der Waals surface area contributed by atoms with E-state index in [1.165, 1.54) is 0 Å². The molecule has 0 aliphatic carbocycles. The van der Waals surface area contributed by atoms with Crippen LogP contribution in [0.15, 0.2) is 47.5 Å². The number of aromatic nitrogens is 2. The predicted octanol–water partition coefficient (Wildman–Crippen LogP) is 1.67. The first-order valence-corrected chi connectivity index (χ1v) is 7.08. The summed E-state index contributed by atoms with van der Waals surface area (Å²) in [6.07, 6.45) is 5.26. The van der Waals surface area contributed by atoms with Crippen molar-refractivity contribution in [3.05, 3.63) is 53.0 Å². The number of imidazole rings is 1. The topological polar surface area (TPSA) is 58.4 Å². The molecule has 106 valence electrons. The molecule has 2 aromatic rings. The SMILES string of the molecule is O=C(CO)N(CCn1ccnc1)Cc1ccccc1Br. The van der Waals surface area contributed by atoms with E-state index in [1.54, 1.807) is 17.4 Å². The van der Waals surface area contributed by atoms with E-state index in [0.29, 0.717) is 19.6 Å². The van der Waals surface area contributed by atoms with Gasteiger partial charge in [0.1, 0.15) is 6.61 Å². The van der Waals surface area contributed by atoms with Crippen molar-refractivity contribution in [2.75, 3.05) is 13.2 Å². The van der Waals surface area contributed by atoms with Gasteiger partial charge in [-0.1, -0.05) is 34.1 Å². The van der Waals surface area contributed by atoms with Crippen molar-refractivity contribution >= 4 is 21.8 Å². The molecule has 0 aliphatic rings. The van der Waals surface area contributed by atoms with Gasteiger partial charge < -0.3 is 14.6 Å². The Morgan fingerprint density at radius 2 is 2.20 bits per heavy atom. The Morgan fingerprint density at radius 1 is 1.40 bits per heavy atom. The summed E-state index contributed by atoms with van der Waals surface area (Å²) in [6, 6.07) is 7.75. The zero-order valence-corrected chi connectivity index (χ0v) is 12.5. The fourth-order valence-corrected chi connectivity index (χ4v) is 2.29. The Labute approximate surface area is 126 Å². The first-order valence-electron chi connectivity index (χ1n) is 6.28. The molecule has 0 fully saturated rings. The van der Waals surface area contributed by atoms with Crippen LogP contribution in [0.5, 0.6) is 0 Å². The minimum absolute atomic E-state index is 0.277. The molecule has 1 heterocycles. The van der Waals surface area contributed by atoms with E-state index < -0.39 is 6.61 Å². The number of nitrogens with zero attached hydrogens (tertiary/aromatic N) is 3. The van der Waals surface area contributed by atoms with Gasteiger partial charge in [-0.3, -0.25) is 4.79 Å². The van der Waals surface area contributed by atoms with E-state index in [9.17, 15) is 4.79 Å². The van der Waals surface area contributed by atoms with Gasteiger partial charge in [-0.2, -0.15) is 0 Å². The summed E-state index contributed by atoms with van der Waals surface area (Å²) in [4.78, 5) is 17.4. The quantitative estimate of drug-likeness (QED) is 0.872. The van der Waals surface area contributed by atoms with Crippen LogP contribution in [0.2, 0.25) is 0 Å². The molecule has 0 saturated carbocycles. The summed E-state index contributed by atoms with van der Waals surface area (Å²) in [5.41, 5.74) is 1.01. The highest BCUT2D eigenvalue weighted by molar-refractivity contribution is 9.10. The van der Waals surface area contributed by atoms with Gasteiger partial charge in [0.25, 0.3) is 0 Å². The van der Waals surface area contributed by atoms with Crippen LogP contribution in [0.25, 0.3) is 0 Å². The fraction of sp³-hybridized carbons (Fsp3) is 0.286. The zero-order valence-electron chi connectivity index (χ0n) is 10.9. The number of aliphatic hydroxyl groups is 1. The maximum Gasteiger partial charge on any atom is 0.248 e. The number of amides is 1. The summed E-state index contributed by atoms with van der Waals surface area (Å²) < 4.78 is 2.86. The van der Waals surface area contributed by atoms with Gasteiger partial charge >= 0.3 is 0 Å². The Balaban J connectivity index is 2.04. The van der Waals surface area contributed by atoms with E-state index >= 15 is 0 Å². The average molecular weight is 338 g/mol. The van der Waals surface area contributed by atoms with Crippen LogP contribution >= 0.6 is 15.9 Å². The number of hydrogen-bond donors (Lipinski definition) is 1. The highest BCUT2D eigenvalue weighted by atomic mass is 79.9. The molecule has 2 rings (SSSR count). The molecule has 0 atom stereocenters. The molecule has 0 saturated heterocycles. The van der Waals surface area contributed by atoms with Gasteiger partial charge in [-0.25, -0.2) is 4.98 Å². The number of carbonyl (C=O) groups is 1. The second kappa shape index (κ2) is 7.21. The van der Waals surface area contributed by atoms with Crippen LogP contribution in [0.1, 0.15) is 5.56 Å². The lowest BCUT2D eigenvalue weighted by Crippen LogP contribution is -2.35. The van der Waals surface area contributed by atoms with E-state index in [0.717, 1.165) is 10.0 Å². The van der Waals surface area contributed by atoms with Gasteiger partial charge in [0.2, 0.25) is 5.91 Å². The van der Waals surface area contributed by atoms with Crippen molar-refractivity contribution in [1.29, 1.82) is 0 Å². The molecule has 0 radical (unpaired) electrons. The summed E-state index contributed by atoms with van der Waals surface area (Å²) in [7, 11) is 0. The third-order valence-corrected chi connectivity index (χ3v) is 3.77. The van der Waals surface area contributed by atoms with E-state index in [4.69, 9.17) is 5.11 Å². The molecule has 1 N–H and O–H groups in total. The Kier molecular flexibility index (Phi) is 5.31. The number of hydrogen-bond acceptors (Lipinski definition) is 3. The maximum atomic E-state index is 11.8. The van der Waals surface area contributed by atoms with Crippen LogP contribution in [0.3, 0.4) is 0 Å². The lowest BCUT2D eigenvalue weighted by Gasteiger charge is -2.22. The Hall–Kier alpha value is -1.66. The summed E-state index contributed by atoms with van der Waals surface area (Å²) >= 11 is 3.47. The fourth-order valence-electron chi connectivity index (χ4n) is 1.88. The molecular weight excluding hydrogens is 322 g/mol. The van der Waals surface area contributed by atoms with Crippen molar-refractivity contribution in [3.63, 3.8) is 0 Å². The van der Waals surface area contributed by atoms with Gasteiger partial charge in [0.15, 0.2) is 0 Å². The largest absolute Gasteiger partial charge is 0.387 e. The van der Waals surface area contributed by atoms with Crippen LogP contribution in [-0.4, -0.2) is 38.6 Å². The summed E-state index contributed by atoms with van der Waals surface area (Å²) in [6.45, 7) is 1.16. The van der Waals surface area contributed by atoms with Crippen molar-refractivity contribution < 1.29 is 9.90 Å². The lowest BCUT2D eigenvalue weighted by molar-refractivity contribution is -0.135. The minimum atomic E-state index is -0.478. The molecule has 5 nitrogen and oxygen atoms in total. The van der Waals surface area contributed by atoms with Crippen molar-refractivity contribution in [2.24, 2.45) is 0 Å². The normalized spacial score (nSPS) is 10.5. The number of carbonyl (C=O) groups excluding carboxylic acids is 1. The van der Waals surface area contributed by atoms with Gasteiger partial charge in [0.05, 0.1) is 6.33 Å².